The largest absolute Gasteiger partial charge is 0.444 e. The first kappa shape index (κ1) is 28.5. The third-order valence-corrected chi connectivity index (χ3v) is 6.44. The van der Waals surface area contributed by atoms with Gasteiger partial charge in [-0.05, 0) is 80.8 Å². The molecule has 5 rings (SSSR count). The van der Waals surface area contributed by atoms with Crippen LogP contribution in [0.25, 0.3) is 44.7 Å². The van der Waals surface area contributed by atoms with E-state index in [1.54, 1.807) is 20.8 Å². The molecular weight excluding hydrogens is 530 g/mol. The van der Waals surface area contributed by atoms with Crippen molar-refractivity contribution in [3.63, 3.8) is 0 Å². The van der Waals surface area contributed by atoms with Crippen LogP contribution in [0.5, 0.6) is 0 Å². The number of rotatable bonds is 7. The lowest BCUT2D eigenvalue weighted by atomic mass is 9.98. The molecule has 1 N–H and O–H groups in total. The number of H-pyrrole nitrogens is 1. The Bertz CT molecular complexity index is 1760. The van der Waals surface area contributed by atoms with Gasteiger partial charge in [-0.1, -0.05) is 24.3 Å². The number of nitrogens with one attached hydrogen (secondary N) is 1. The number of nitrogens with zero attached hydrogens (tertiary/aromatic N) is 4. The number of aryl methyl sites for hydroxylation is 1. The summed E-state index contributed by atoms with van der Waals surface area (Å²) in [6.07, 6.45) is 4.96. The van der Waals surface area contributed by atoms with Gasteiger partial charge in [0, 0.05) is 47.7 Å². The molecule has 0 saturated carbocycles. The second-order valence-corrected chi connectivity index (χ2v) is 11.1. The fraction of sp³-hybridized carbons (Fsp3) is 0.242. The predicted octanol–water partition coefficient (Wildman–Crippen LogP) is 6.92. The standard InChI is InChI=1S/C33H33N5O4/c1-21-8-6-11-29(36-21)30-16-28(27-12-13-35-31(27)37-30)26-15-25(17-34-18-26)24-10-7-9-23(14-24)19-38(20-41-22(2)39)32(40)42-33(3,4)5/h6-18H,19-20H2,1-5H3,(H,35,37). The van der Waals surface area contributed by atoms with Crippen molar-refractivity contribution in [1.29, 1.82) is 0 Å². The molecule has 0 aliphatic carbocycles. The van der Waals surface area contributed by atoms with Crippen molar-refractivity contribution in [1.82, 2.24) is 24.8 Å². The van der Waals surface area contributed by atoms with Gasteiger partial charge in [-0.2, -0.15) is 0 Å². The molecule has 0 bridgehead atoms. The van der Waals surface area contributed by atoms with Gasteiger partial charge < -0.3 is 14.5 Å². The molecule has 42 heavy (non-hydrogen) atoms. The quantitative estimate of drug-likeness (QED) is 0.169. The number of aromatic nitrogens is 4. The maximum absolute atomic E-state index is 12.9. The SMILES string of the molecule is CC(=O)OCN(Cc1cccc(-c2cncc(-c3cc(-c4cccc(C)n4)nc4[nH]ccc34)c2)c1)C(=O)OC(C)(C)C. The van der Waals surface area contributed by atoms with Gasteiger partial charge in [0.1, 0.15) is 11.2 Å². The Hall–Kier alpha value is -5.05. The Morgan fingerprint density at radius 3 is 2.45 bits per heavy atom. The first-order valence-corrected chi connectivity index (χ1v) is 13.6. The van der Waals surface area contributed by atoms with Gasteiger partial charge in [-0.25, -0.2) is 9.78 Å². The molecule has 0 aliphatic heterocycles. The normalized spacial score (nSPS) is 11.4. The van der Waals surface area contributed by atoms with E-state index in [0.717, 1.165) is 55.9 Å². The number of carbonyl (C=O) groups is 2. The number of carbonyl (C=O) groups excluding carboxylic acids is 2. The highest BCUT2D eigenvalue weighted by Gasteiger charge is 2.23. The maximum atomic E-state index is 12.9. The number of hydrogen-bond acceptors (Lipinski definition) is 7. The van der Waals surface area contributed by atoms with Crippen LogP contribution >= 0.6 is 0 Å². The molecule has 4 heterocycles. The van der Waals surface area contributed by atoms with E-state index in [0.29, 0.717) is 0 Å². The molecular formula is C33H33N5O4. The summed E-state index contributed by atoms with van der Waals surface area (Å²) in [5, 5.41) is 0.984. The molecule has 214 valence electrons. The summed E-state index contributed by atoms with van der Waals surface area (Å²) >= 11 is 0. The summed E-state index contributed by atoms with van der Waals surface area (Å²) in [5.74, 6) is -0.478. The minimum Gasteiger partial charge on any atom is -0.444 e. The van der Waals surface area contributed by atoms with E-state index in [-0.39, 0.29) is 13.3 Å². The summed E-state index contributed by atoms with van der Waals surface area (Å²) in [4.78, 5) is 42.9. The molecule has 0 aliphatic rings. The fourth-order valence-corrected chi connectivity index (χ4v) is 4.57. The topological polar surface area (TPSA) is 110 Å². The minimum absolute atomic E-state index is 0.199. The lowest BCUT2D eigenvalue weighted by molar-refractivity contribution is -0.145. The van der Waals surface area contributed by atoms with Gasteiger partial charge in [0.05, 0.1) is 17.9 Å². The predicted molar refractivity (Wildman–Crippen MR) is 161 cm³/mol. The third-order valence-electron chi connectivity index (χ3n) is 6.44. The number of esters is 1. The van der Waals surface area contributed by atoms with Crippen LogP contribution in [0.2, 0.25) is 0 Å². The highest BCUT2D eigenvalue weighted by molar-refractivity contribution is 5.95. The van der Waals surface area contributed by atoms with Crippen LogP contribution in [0.15, 0.2) is 79.3 Å². The molecule has 1 aromatic carbocycles. The summed E-state index contributed by atoms with van der Waals surface area (Å²) in [5.41, 5.74) is 7.18. The average Bonchev–Trinajstić information content (AvgIpc) is 3.43. The number of aromatic amines is 1. The number of hydrogen-bond donors (Lipinski definition) is 1. The Morgan fingerprint density at radius 2 is 1.69 bits per heavy atom. The Morgan fingerprint density at radius 1 is 0.905 bits per heavy atom. The molecule has 9 heteroatoms. The molecule has 0 saturated heterocycles. The number of benzene rings is 1. The zero-order valence-electron chi connectivity index (χ0n) is 24.3. The molecule has 0 fully saturated rings. The Balaban J connectivity index is 1.47. The molecule has 9 nitrogen and oxygen atoms in total. The van der Waals surface area contributed by atoms with Crippen LogP contribution in [0.4, 0.5) is 4.79 Å². The van der Waals surface area contributed by atoms with Gasteiger partial charge in [0.15, 0.2) is 6.73 Å². The second-order valence-electron chi connectivity index (χ2n) is 11.1. The van der Waals surface area contributed by atoms with Crippen LogP contribution in [0, 0.1) is 6.92 Å². The van der Waals surface area contributed by atoms with Crippen molar-refractivity contribution >= 4 is 23.1 Å². The van der Waals surface area contributed by atoms with Gasteiger partial charge in [-0.15, -0.1) is 0 Å². The summed E-state index contributed by atoms with van der Waals surface area (Å²) in [6.45, 7) is 8.63. The molecule has 1 amide bonds. The van der Waals surface area contributed by atoms with Gasteiger partial charge in [-0.3, -0.25) is 19.7 Å². The van der Waals surface area contributed by atoms with E-state index in [1.165, 1.54) is 11.8 Å². The zero-order chi connectivity index (χ0) is 29.9. The van der Waals surface area contributed by atoms with Crippen LogP contribution < -0.4 is 0 Å². The first-order chi connectivity index (χ1) is 20.1. The van der Waals surface area contributed by atoms with E-state index >= 15 is 0 Å². The van der Waals surface area contributed by atoms with Gasteiger partial charge in [0.2, 0.25) is 0 Å². The van der Waals surface area contributed by atoms with Crippen LogP contribution in [0.3, 0.4) is 0 Å². The van der Waals surface area contributed by atoms with Crippen LogP contribution in [-0.4, -0.2) is 49.2 Å². The number of amides is 1. The molecule has 0 spiro atoms. The lowest BCUT2D eigenvalue weighted by Gasteiger charge is -2.27. The smallest absolute Gasteiger partial charge is 0.413 e. The fourth-order valence-electron chi connectivity index (χ4n) is 4.57. The zero-order valence-corrected chi connectivity index (χ0v) is 24.3. The highest BCUT2D eigenvalue weighted by atomic mass is 16.6. The van der Waals surface area contributed by atoms with E-state index in [2.05, 4.69) is 21.0 Å². The minimum atomic E-state index is -0.688. The van der Waals surface area contributed by atoms with Crippen molar-refractivity contribution in [2.24, 2.45) is 0 Å². The number of pyridine rings is 3. The van der Waals surface area contributed by atoms with Gasteiger partial charge >= 0.3 is 12.1 Å². The molecule has 4 aromatic heterocycles. The number of ether oxygens (including phenoxy) is 2. The Labute approximate surface area is 244 Å². The monoisotopic (exact) mass is 563 g/mol. The summed E-state index contributed by atoms with van der Waals surface area (Å²) < 4.78 is 10.7. The van der Waals surface area contributed by atoms with E-state index in [1.807, 2.05) is 80.1 Å². The van der Waals surface area contributed by atoms with Crippen molar-refractivity contribution in [3.8, 4) is 33.6 Å². The Kier molecular flexibility index (Phi) is 8.01. The molecule has 5 aromatic rings. The van der Waals surface area contributed by atoms with Crippen LogP contribution in [-0.2, 0) is 20.8 Å². The van der Waals surface area contributed by atoms with E-state index in [9.17, 15) is 9.59 Å². The van der Waals surface area contributed by atoms with Crippen molar-refractivity contribution < 1.29 is 19.1 Å². The highest BCUT2D eigenvalue weighted by Crippen LogP contribution is 2.33. The van der Waals surface area contributed by atoms with Gasteiger partial charge in [0.25, 0.3) is 0 Å². The first-order valence-electron chi connectivity index (χ1n) is 13.6. The molecule has 0 atom stereocenters. The number of fused-ring (bicyclic) bond motifs is 1. The lowest BCUT2D eigenvalue weighted by Crippen LogP contribution is -2.38. The summed E-state index contributed by atoms with van der Waals surface area (Å²) in [7, 11) is 0. The molecule has 0 unspecified atom stereocenters. The van der Waals surface area contributed by atoms with E-state index < -0.39 is 17.7 Å². The maximum Gasteiger partial charge on any atom is 0.413 e. The molecule has 0 radical (unpaired) electrons. The van der Waals surface area contributed by atoms with E-state index in [4.69, 9.17) is 14.5 Å². The van der Waals surface area contributed by atoms with Crippen molar-refractivity contribution in [2.45, 2.75) is 46.8 Å². The third kappa shape index (κ3) is 6.80. The second kappa shape index (κ2) is 11.8. The summed E-state index contributed by atoms with van der Waals surface area (Å²) in [6, 6.07) is 19.9. The van der Waals surface area contributed by atoms with Crippen molar-refractivity contribution in [2.75, 3.05) is 6.73 Å². The van der Waals surface area contributed by atoms with Crippen molar-refractivity contribution in [3.05, 3.63) is 90.5 Å². The average molecular weight is 564 g/mol. The van der Waals surface area contributed by atoms with Crippen LogP contribution in [0.1, 0.15) is 39.0 Å².